The first-order valence-electron chi connectivity index (χ1n) is 7.37. The molecule has 0 bridgehead atoms. The number of hydrogen-bond acceptors (Lipinski definition) is 3. The summed E-state index contributed by atoms with van der Waals surface area (Å²) in [5.41, 5.74) is -0.263. The van der Waals surface area contributed by atoms with Crippen LogP contribution in [-0.4, -0.2) is 42.7 Å². The van der Waals surface area contributed by atoms with Crippen LogP contribution in [0.5, 0.6) is 5.75 Å². The van der Waals surface area contributed by atoms with Crippen molar-refractivity contribution in [1.82, 2.24) is 4.90 Å². The van der Waals surface area contributed by atoms with E-state index in [9.17, 15) is 4.79 Å². The maximum Gasteiger partial charge on any atom is 0.222 e. The smallest absolute Gasteiger partial charge is 0.222 e. The van der Waals surface area contributed by atoms with Gasteiger partial charge in [-0.1, -0.05) is 23.2 Å². The van der Waals surface area contributed by atoms with E-state index < -0.39 is 0 Å². The van der Waals surface area contributed by atoms with E-state index in [-0.39, 0.29) is 11.5 Å². The molecule has 6 heteroatoms. The monoisotopic (exact) mass is 345 g/mol. The van der Waals surface area contributed by atoms with E-state index in [1.807, 2.05) is 18.7 Å². The lowest BCUT2D eigenvalue weighted by molar-refractivity contribution is -0.146. The van der Waals surface area contributed by atoms with Gasteiger partial charge < -0.3 is 14.4 Å². The Morgan fingerprint density at radius 3 is 2.86 bits per heavy atom. The maximum atomic E-state index is 12.2. The van der Waals surface area contributed by atoms with Gasteiger partial charge in [-0.05, 0) is 38.5 Å². The number of halogens is 2. The Balaban J connectivity index is 1.73. The fourth-order valence-corrected chi connectivity index (χ4v) is 2.85. The fraction of sp³-hybridized carbons (Fsp3) is 0.562. The molecule has 0 atom stereocenters. The van der Waals surface area contributed by atoms with E-state index in [0.29, 0.717) is 54.9 Å². The molecule has 1 aliphatic heterocycles. The van der Waals surface area contributed by atoms with Crippen molar-refractivity contribution >= 4 is 29.1 Å². The predicted molar refractivity (Wildman–Crippen MR) is 87.8 cm³/mol. The van der Waals surface area contributed by atoms with Crippen molar-refractivity contribution in [3.63, 3.8) is 0 Å². The highest BCUT2D eigenvalue weighted by atomic mass is 35.5. The van der Waals surface area contributed by atoms with Crippen LogP contribution in [0.1, 0.15) is 26.7 Å². The summed E-state index contributed by atoms with van der Waals surface area (Å²) in [6.45, 7) is 6.33. The molecule has 0 aliphatic carbocycles. The summed E-state index contributed by atoms with van der Waals surface area (Å²) < 4.78 is 11.2. The van der Waals surface area contributed by atoms with Gasteiger partial charge in [-0.15, -0.1) is 0 Å². The molecule has 0 radical (unpaired) electrons. The quantitative estimate of drug-likeness (QED) is 0.762. The average Bonchev–Trinajstić information content (AvgIpc) is 2.44. The van der Waals surface area contributed by atoms with Gasteiger partial charge in [0.25, 0.3) is 0 Å². The Bertz CT molecular complexity index is 534. The molecule has 22 heavy (non-hydrogen) atoms. The second-order valence-corrected chi connectivity index (χ2v) is 6.79. The van der Waals surface area contributed by atoms with E-state index in [1.54, 1.807) is 18.2 Å². The molecule has 1 heterocycles. The van der Waals surface area contributed by atoms with Crippen molar-refractivity contribution in [2.24, 2.45) is 0 Å². The maximum absolute atomic E-state index is 12.2. The number of nitrogens with zero attached hydrogens (tertiary/aromatic N) is 1. The van der Waals surface area contributed by atoms with Crippen molar-refractivity contribution in [2.75, 3.05) is 26.3 Å². The molecule has 0 spiro atoms. The molecule has 4 nitrogen and oxygen atoms in total. The number of carbonyl (C=O) groups is 1. The largest absolute Gasteiger partial charge is 0.492 e. The van der Waals surface area contributed by atoms with E-state index in [4.69, 9.17) is 32.7 Å². The first-order valence-corrected chi connectivity index (χ1v) is 8.12. The summed E-state index contributed by atoms with van der Waals surface area (Å²) in [4.78, 5) is 14.0. The van der Waals surface area contributed by atoms with E-state index in [1.165, 1.54) is 0 Å². The molecule has 1 aromatic rings. The van der Waals surface area contributed by atoms with E-state index in [2.05, 4.69) is 0 Å². The highest BCUT2D eigenvalue weighted by molar-refractivity contribution is 6.35. The van der Waals surface area contributed by atoms with Crippen molar-refractivity contribution < 1.29 is 14.3 Å². The third-order valence-electron chi connectivity index (χ3n) is 3.46. The predicted octanol–water partition coefficient (Wildman–Crippen LogP) is 3.79. The Kier molecular flexibility index (Phi) is 5.95. The molecule has 1 aromatic carbocycles. The first kappa shape index (κ1) is 17.4. The van der Waals surface area contributed by atoms with E-state index in [0.717, 1.165) is 0 Å². The van der Waals surface area contributed by atoms with Gasteiger partial charge in [-0.2, -0.15) is 0 Å². The van der Waals surface area contributed by atoms with Gasteiger partial charge in [-0.3, -0.25) is 4.79 Å². The van der Waals surface area contributed by atoms with E-state index >= 15 is 0 Å². The van der Waals surface area contributed by atoms with Crippen LogP contribution in [0.15, 0.2) is 18.2 Å². The van der Waals surface area contributed by atoms with Gasteiger partial charge in [-0.25, -0.2) is 0 Å². The average molecular weight is 346 g/mol. The topological polar surface area (TPSA) is 38.8 Å². The van der Waals surface area contributed by atoms with Gasteiger partial charge >= 0.3 is 0 Å². The standard InChI is InChI=1S/C16H21Cl2NO3/c1-16(2)11-19(7-9-22-16)15(20)4-3-8-21-14-6-5-12(17)10-13(14)18/h5-6,10H,3-4,7-9,11H2,1-2H3. The summed E-state index contributed by atoms with van der Waals surface area (Å²) in [5.74, 6) is 0.730. The van der Waals surface area contributed by atoms with Crippen LogP contribution in [0.3, 0.4) is 0 Å². The number of ether oxygens (including phenoxy) is 2. The summed E-state index contributed by atoms with van der Waals surface area (Å²) in [6, 6.07) is 5.10. The zero-order valence-corrected chi connectivity index (χ0v) is 14.4. The second kappa shape index (κ2) is 7.53. The minimum Gasteiger partial charge on any atom is -0.492 e. The highest BCUT2D eigenvalue weighted by Gasteiger charge is 2.29. The van der Waals surface area contributed by atoms with Crippen LogP contribution >= 0.6 is 23.2 Å². The van der Waals surface area contributed by atoms with Gasteiger partial charge in [0.1, 0.15) is 5.75 Å². The second-order valence-electron chi connectivity index (χ2n) is 5.95. The number of rotatable bonds is 5. The first-order chi connectivity index (χ1) is 10.4. The molecule has 0 N–H and O–H groups in total. The summed E-state index contributed by atoms with van der Waals surface area (Å²) in [6.07, 6.45) is 1.11. The zero-order valence-electron chi connectivity index (χ0n) is 12.9. The fourth-order valence-electron chi connectivity index (χ4n) is 2.39. The normalized spacial score (nSPS) is 17.4. The van der Waals surface area contributed by atoms with Crippen LogP contribution in [0, 0.1) is 0 Å². The third-order valence-corrected chi connectivity index (χ3v) is 4.00. The molecular weight excluding hydrogens is 325 g/mol. The lowest BCUT2D eigenvalue weighted by atomic mass is 10.1. The van der Waals surface area contributed by atoms with Crippen LogP contribution in [0.4, 0.5) is 0 Å². The lowest BCUT2D eigenvalue weighted by Crippen LogP contribution is -2.50. The van der Waals surface area contributed by atoms with Crippen molar-refractivity contribution in [1.29, 1.82) is 0 Å². The van der Waals surface area contributed by atoms with Crippen molar-refractivity contribution in [3.8, 4) is 5.75 Å². The third kappa shape index (κ3) is 5.04. The SMILES string of the molecule is CC1(C)CN(C(=O)CCCOc2ccc(Cl)cc2Cl)CCO1. The molecule has 0 saturated carbocycles. The molecular formula is C16H21Cl2NO3. The highest BCUT2D eigenvalue weighted by Crippen LogP contribution is 2.27. The summed E-state index contributed by atoms with van der Waals surface area (Å²) in [5, 5.41) is 1.05. The Morgan fingerprint density at radius 1 is 1.41 bits per heavy atom. The molecule has 1 fully saturated rings. The van der Waals surface area contributed by atoms with Crippen LogP contribution in [0.2, 0.25) is 10.0 Å². The summed E-state index contributed by atoms with van der Waals surface area (Å²) >= 11 is 11.9. The summed E-state index contributed by atoms with van der Waals surface area (Å²) in [7, 11) is 0. The van der Waals surface area contributed by atoms with Gasteiger partial charge in [0.15, 0.2) is 0 Å². The molecule has 0 unspecified atom stereocenters. The molecule has 1 saturated heterocycles. The van der Waals surface area contributed by atoms with Gasteiger partial charge in [0.2, 0.25) is 5.91 Å². The van der Waals surface area contributed by atoms with Crippen LogP contribution in [0.25, 0.3) is 0 Å². The Hall–Kier alpha value is -0.970. The molecule has 2 rings (SSSR count). The van der Waals surface area contributed by atoms with Gasteiger partial charge in [0, 0.05) is 24.5 Å². The molecule has 122 valence electrons. The number of amides is 1. The minimum absolute atomic E-state index is 0.141. The van der Waals surface area contributed by atoms with Gasteiger partial charge in [0.05, 0.1) is 23.8 Å². The van der Waals surface area contributed by atoms with Crippen LogP contribution in [-0.2, 0) is 9.53 Å². The number of benzene rings is 1. The zero-order chi connectivity index (χ0) is 16.2. The Morgan fingerprint density at radius 2 is 2.18 bits per heavy atom. The van der Waals surface area contributed by atoms with Crippen molar-refractivity contribution in [3.05, 3.63) is 28.2 Å². The number of carbonyl (C=O) groups excluding carboxylic acids is 1. The molecule has 1 aliphatic rings. The van der Waals surface area contributed by atoms with Crippen molar-refractivity contribution in [2.45, 2.75) is 32.3 Å². The lowest BCUT2D eigenvalue weighted by Gasteiger charge is -2.38. The minimum atomic E-state index is -0.263. The number of morpholine rings is 1. The number of hydrogen-bond donors (Lipinski definition) is 0. The van der Waals surface area contributed by atoms with Crippen LogP contribution < -0.4 is 4.74 Å². The Labute approximate surface area is 141 Å². The molecule has 0 aromatic heterocycles. The molecule has 1 amide bonds.